The number of nitrogens with zero attached hydrogens (tertiary/aromatic N) is 2. The number of aliphatic hydroxyl groups excluding tert-OH is 1. The molecule has 0 saturated heterocycles. The van der Waals surface area contributed by atoms with Crippen molar-refractivity contribution in [2.75, 3.05) is 0 Å². The molecule has 0 spiro atoms. The van der Waals surface area contributed by atoms with Crippen LogP contribution in [0.1, 0.15) is 46.3 Å². The van der Waals surface area contributed by atoms with Crippen molar-refractivity contribution in [1.29, 1.82) is 0 Å². The maximum atomic E-state index is 12.1. The van der Waals surface area contributed by atoms with Gasteiger partial charge in [-0.1, -0.05) is 42.6 Å². The van der Waals surface area contributed by atoms with Gasteiger partial charge >= 0.3 is 0 Å². The molecule has 106 valence electrons. The highest BCUT2D eigenvalue weighted by Crippen LogP contribution is 2.19. The van der Waals surface area contributed by atoms with Crippen LogP contribution in [-0.4, -0.2) is 20.6 Å². The number of benzene rings is 1. The molecule has 1 heterocycles. The van der Waals surface area contributed by atoms with E-state index in [0.717, 1.165) is 28.4 Å². The zero-order valence-electron chi connectivity index (χ0n) is 11.5. The molecule has 1 amide bonds. The fraction of sp³-hybridized carbons (Fsp3) is 0.357. The quantitative estimate of drug-likeness (QED) is 0.884. The number of aromatic nitrogens is 2. The van der Waals surface area contributed by atoms with Crippen LogP contribution in [0.5, 0.6) is 0 Å². The van der Waals surface area contributed by atoms with Gasteiger partial charge in [-0.15, -0.1) is 5.10 Å². The van der Waals surface area contributed by atoms with Crippen molar-refractivity contribution in [2.24, 2.45) is 0 Å². The fourth-order valence-corrected chi connectivity index (χ4v) is 2.49. The molecule has 0 atom stereocenters. The lowest BCUT2D eigenvalue weighted by Gasteiger charge is -2.06. The van der Waals surface area contributed by atoms with E-state index < -0.39 is 0 Å². The third kappa shape index (κ3) is 3.40. The Morgan fingerprint density at radius 3 is 2.55 bits per heavy atom. The number of rotatable bonds is 5. The summed E-state index contributed by atoms with van der Waals surface area (Å²) in [5, 5.41) is 15.8. The molecule has 0 aliphatic carbocycles. The van der Waals surface area contributed by atoms with Crippen molar-refractivity contribution in [3.8, 4) is 0 Å². The van der Waals surface area contributed by atoms with Gasteiger partial charge in [-0.2, -0.15) is 0 Å². The van der Waals surface area contributed by atoms with Gasteiger partial charge in [0.15, 0.2) is 0 Å². The Hall–Kier alpha value is -1.79. The molecule has 1 aromatic heterocycles. The second kappa shape index (κ2) is 6.58. The summed E-state index contributed by atoms with van der Waals surface area (Å²) in [6.07, 6.45) is 0. The van der Waals surface area contributed by atoms with E-state index in [9.17, 15) is 4.79 Å². The van der Waals surface area contributed by atoms with Gasteiger partial charge in [-0.25, -0.2) is 0 Å². The monoisotopic (exact) mass is 291 g/mol. The molecule has 20 heavy (non-hydrogen) atoms. The lowest BCUT2D eigenvalue weighted by molar-refractivity contribution is 0.0953. The van der Waals surface area contributed by atoms with Crippen LogP contribution in [0.25, 0.3) is 0 Å². The first-order valence-corrected chi connectivity index (χ1v) is 7.18. The molecule has 0 aliphatic rings. The van der Waals surface area contributed by atoms with Crippen molar-refractivity contribution in [2.45, 2.75) is 32.9 Å². The first-order valence-electron chi connectivity index (χ1n) is 6.41. The SMILES string of the molecule is CC(C)c1nnsc1C(=O)NCc1ccc(CO)cc1. The van der Waals surface area contributed by atoms with Crippen molar-refractivity contribution in [3.05, 3.63) is 46.0 Å². The lowest BCUT2D eigenvalue weighted by Crippen LogP contribution is -2.23. The minimum absolute atomic E-state index is 0.0247. The molecule has 0 radical (unpaired) electrons. The van der Waals surface area contributed by atoms with E-state index in [1.807, 2.05) is 38.1 Å². The normalized spacial score (nSPS) is 10.8. The summed E-state index contributed by atoms with van der Waals surface area (Å²) < 4.78 is 3.85. The largest absolute Gasteiger partial charge is 0.392 e. The standard InChI is InChI=1S/C14H17N3O2S/c1-9(2)12-13(20-17-16-12)14(19)15-7-10-3-5-11(8-18)6-4-10/h3-6,9,18H,7-8H2,1-2H3,(H,15,19). The highest BCUT2D eigenvalue weighted by molar-refractivity contribution is 7.08. The molecule has 2 N–H and O–H groups in total. The maximum Gasteiger partial charge on any atom is 0.265 e. The van der Waals surface area contributed by atoms with Crippen LogP contribution in [0, 0.1) is 0 Å². The number of carbonyl (C=O) groups excluding carboxylic acids is 1. The molecule has 0 unspecified atom stereocenters. The van der Waals surface area contributed by atoms with Crippen molar-refractivity contribution in [1.82, 2.24) is 14.9 Å². The lowest BCUT2D eigenvalue weighted by atomic mass is 10.1. The minimum Gasteiger partial charge on any atom is -0.392 e. The Kier molecular flexibility index (Phi) is 4.81. The van der Waals surface area contributed by atoms with Gasteiger partial charge in [0.25, 0.3) is 5.91 Å². The first kappa shape index (κ1) is 14.6. The predicted molar refractivity (Wildman–Crippen MR) is 77.5 cm³/mol. The summed E-state index contributed by atoms with van der Waals surface area (Å²) >= 11 is 1.12. The number of hydrogen-bond acceptors (Lipinski definition) is 5. The molecular weight excluding hydrogens is 274 g/mol. The molecule has 1 aromatic carbocycles. The average Bonchev–Trinajstić information content (AvgIpc) is 2.95. The average molecular weight is 291 g/mol. The molecule has 2 aromatic rings. The van der Waals surface area contributed by atoms with Crippen molar-refractivity contribution < 1.29 is 9.90 Å². The van der Waals surface area contributed by atoms with Crippen LogP contribution in [0.4, 0.5) is 0 Å². The van der Waals surface area contributed by atoms with E-state index in [1.165, 1.54) is 0 Å². The Morgan fingerprint density at radius 1 is 1.30 bits per heavy atom. The highest BCUT2D eigenvalue weighted by Gasteiger charge is 2.18. The number of hydrogen-bond donors (Lipinski definition) is 2. The predicted octanol–water partition coefficient (Wildman–Crippen LogP) is 2.08. The Labute approximate surface area is 121 Å². The maximum absolute atomic E-state index is 12.1. The van der Waals surface area contributed by atoms with Gasteiger partial charge in [0.2, 0.25) is 0 Å². The van der Waals surface area contributed by atoms with E-state index in [4.69, 9.17) is 5.11 Å². The zero-order chi connectivity index (χ0) is 14.5. The Morgan fingerprint density at radius 2 is 1.95 bits per heavy atom. The van der Waals surface area contributed by atoms with Crippen LogP contribution in [-0.2, 0) is 13.2 Å². The number of amides is 1. The van der Waals surface area contributed by atoms with Crippen LogP contribution in [0.3, 0.4) is 0 Å². The second-order valence-electron chi connectivity index (χ2n) is 4.80. The van der Waals surface area contributed by atoms with E-state index in [1.54, 1.807) is 0 Å². The van der Waals surface area contributed by atoms with Gasteiger partial charge in [-0.05, 0) is 28.6 Å². The molecule has 5 nitrogen and oxygen atoms in total. The first-order chi connectivity index (χ1) is 9.61. The zero-order valence-corrected chi connectivity index (χ0v) is 12.3. The summed E-state index contributed by atoms with van der Waals surface area (Å²) in [5.41, 5.74) is 2.58. The smallest absolute Gasteiger partial charge is 0.265 e. The fourth-order valence-electron chi connectivity index (χ4n) is 1.76. The Bertz CT molecular complexity index is 578. The topological polar surface area (TPSA) is 75.1 Å². The third-order valence-electron chi connectivity index (χ3n) is 2.93. The van der Waals surface area contributed by atoms with E-state index in [0.29, 0.717) is 11.4 Å². The van der Waals surface area contributed by atoms with Crippen LogP contribution < -0.4 is 5.32 Å². The number of carbonyl (C=O) groups is 1. The van der Waals surface area contributed by atoms with Crippen LogP contribution in [0.2, 0.25) is 0 Å². The summed E-state index contributed by atoms with van der Waals surface area (Å²) in [6, 6.07) is 7.46. The van der Waals surface area contributed by atoms with Gasteiger partial charge < -0.3 is 10.4 Å². The van der Waals surface area contributed by atoms with Gasteiger partial charge in [-0.3, -0.25) is 4.79 Å². The second-order valence-corrected chi connectivity index (χ2v) is 5.55. The van der Waals surface area contributed by atoms with Gasteiger partial charge in [0, 0.05) is 6.54 Å². The van der Waals surface area contributed by atoms with Gasteiger partial charge in [0.05, 0.1) is 12.3 Å². The summed E-state index contributed by atoms with van der Waals surface area (Å²) in [6.45, 7) is 4.44. The van der Waals surface area contributed by atoms with Crippen LogP contribution >= 0.6 is 11.5 Å². The van der Waals surface area contributed by atoms with Gasteiger partial charge in [0.1, 0.15) is 4.88 Å². The molecule has 0 fully saturated rings. The molecular formula is C14H17N3O2S. The van der Waals surface area contributed by atoms with Crippen molar-refractivity contribution in [3.63, 3.8) is 0 Å². The van der Waals surface area contributed by atoms with Crippen molar-refractivity contribution >= 4 is 17.4 Å². The van der Waals surface area contributed by atoms with E-state index in [2.05, 4.69) is 14.9 Å². The molecule has 0 aliphatic heterocycles. The summed E-state index contributed by atoms with van der Waals surface area (Å²) in [7, 11) is 0. The molecule has 2 rings (SSSR count). The number of aliphatic hydroxyl groups is 1. The summed E-state index contributed by atoms with van der Waals surface area (Å²) in [4.78, 5) is 12.7. The van der Waals surface area contributed by atoms with E-state index >= 15 is 0 Å². The highest BCUT2D eigenvalue weighted by atomic mass is 32.1. The number of nitrogens with one attached hydrogen (secondary N) is 1. The molecule has 0 saturated carbocycles. The third-order valence-corrected chi connectivity index (χ3v) is 3.67. The van der Waals surface area contributed by atoms with E-state index in [-0.39, 0.29) is 18.4 Å². The molecule has 6 heteroatoms. The minimum atomic E-state index is -0.144. The van der Waals surface area contributed by atoms with Crippen LogP contribution in [0.15, 0.2) is 24.3 Å². The summed E-state index contributed by atoms with van der Waals surface area (Å²) in [5.74, 6) is 0.0354. The molecule has 0 bridgehead atoms. The Balaban J connectivity index is 1.99.